The number of aliphatic hydroxyl groups excluding tert-OH is 2. The van der Waals surface area contributed by atoms with Crippen LogP contribution in [0.3, 0.4) is 0 Å². The highest BCUT2D eigenvalue weighted by Gasteiger charge is 2.47. The minimum absolute atomic E-state index is 0.0613. The number of aliphatic hydroxyl groups is 2. The lowest BCUT2D eigenvalue weighted by atomic mass is 9.91. The first-order valence-electron chi connectivity index (χ1n) is 15.3. The molecule has 4 unspecified atom stereocenters. The maximum absolute atomic E-state index is 11.1. The van der Waals surface area contributed by atoms with Crippen LogP contribution in [0.5, 0.6) is 0 Å². The fourth-order valence-electron chi connectivity index (χ4n) is 5.92. The smallest absolute Gasteiger partial charge is 0.227 e. The van der Waals surface area contributed by atoms with Crippen molar-refractivity contribution in [3.63, 3.8) is 0 Å². The molecule has 2 fully saturated rings. The van der Waals surface area contributed by atoms with Gasteiger partial charge in [0.2, 0.25) is 11.8 Å². The minimum Gasteiger partial charge on any atom is -0.387 e. The summed E-state index contributed by atoms with van der Waals surface area (Å²) in [6.07, 6.45) is -0.889. The van der Waals surface area contributed by atoms with Gasteiger partial charge in [0.25, 0.3) is 0 Å². The number of ether oxygens (including phenoxy) is 1. The van der Waals surface area contributed by atoms with Crippen LogP contribution in [0, 0.1) is 0 Å². The molecule has 2 aliphatic rings. The largest absolute Gasteiger partial charge is 0.387 e. The van der Waals surface area contributed by atoms with Crippen molar-refractivity contribution in [3.05, 3.63) is 83.9 Å². The molecule has 3 aromatic heterocycles. The Labute approximate surface area is 264 Å². The number of nitrogens with zero attached hydrogens (tertiary/aromatic N) is 8. The predicted octanol–water partition coefficient (Wildman–Crippen LogP) is 3.38. The normalized spacial score (nSPS) is 22.3. The summed E-state index contributed by atoms with van der Waals surface area (Å²) in [7, 11) is 0. The van der Waals surface area contributed by atoms with Gasteiger partial charge in [0.15, 0.2) is 29.3 Å². The van der Waals surface area contributed by atoms with E-state index in [1.807, 2.05) is 55.1 Å². The molecule has 2 aromatic carbocycles. The maximum atomic E-state index is 11.1. The second kappa shape index (κ2) is 13.1. The average molecular weight is 629 g/mol. The van der Waals surface area contributed by atoms with Crippen molar-refractivity contribution in [2.24, 2.45) is 0 Å². The molecular weight excluding hydrogens is 592 g/mol. The lowest BCUT2D eigenvalue weighted by Gasteiger charge is -2.23. The molecule has 5 heterocycles. The van der Waals surface area contributed by atoms with Crippen LogP contribution in [-0.4, -0.2) is 86.2 Å². The summed E-state index contributed by atoms with van der Waals surface area (Å²) in [5.74, 6) is 3.47. The first-order chi connectivity index (χ1) is 22.1. The zero-order valence-corrected chi connectivity index (χ0v) is 25.7. The fourth-order valence-corrected chi connectivity index (χ4v) is 7.03. The summed E-state index contributed by atoms with van der Waals surface area (Å²) in [6, 6.07) is 21.0. The monoisotopic (exact) mass is 628 g/mol. The van der Waals surface area contributed by atoms with Gasteiger partial charge in [-0.2, -0.15) is 26.5 Å². The van der Waals surface area contributed by atoms with Crippen LogP contribution in [0.4, 0.5) is 11.8 Å². The fraction of sp³-hybridized carbons (Fsp3) is 0.419. The quantitative estimate of drug-likeness (QED) is 0.179. The topological polar surface area (TPSA) is 161 Å². The molecular formula is C31H36N10O3S. The number of rotatable bonds is 10. The number of imidazole rings is 1. The summed E-state index contributed by atoms with van der Waals surface area (Å²) in [6.45, 7) is 2.97. The molecule has 0 bridgehead atoms. The van der Waals surface area contributed by atoms with E-state index in [2.05, 4.69) is 55.3 Å². The molecule has 4 atom stereocenters. The van der Waals surface area contributed by atoms with Crippen molar-refractivity contribution >= 4 is 34.7 Å². The van der Waals surface area contributed by atoms with Crippen LogP contribution in [0.1, 0.15) is 55.0 Å². The number of benzene rings is 2. The number of nitrogens with one attached hydrogen (secondary N) is 2. The van der Waals surface area contributed by atoms with Gasteiger partial charge in [-0.1, -0.05) is 60.7 Å². The maximum Gasteiger partial charge on any atom is 0.227 e. The Hall–Kier alpha value is -4.11. The number of aromatic nitrogens is 8. The Morgan fingerprint density at radius 2 is 1.69 bits per heavy atom. The van der Waals surface area contributed by atoms with E-state index < -0.39 is 24.5 Å². The van der Waals surface area contributed by atoms with Crippen molar-refractivity contribution in [1.29, 1.82) is 0 Å². The molecule has 45 heavy (non-hydrogen) atoms. The molecule has 0 radical (unpaired) electrons. The third-order valence-corrected chi connectivity index (χ3v) is 9.42. The van der Waals surface area contributed by atoms with Crippen molar-refractivity contribution < 1.29 is 14.9 Å². The molecule has 7 rings (SSSR count). The van der Waals surface area contributed by atoms with Crippen LogP contribution in [0.2, 0.25) is 0 Å². The molecule has 0 aliphatic carbocycles. The Morgan fingerprint density at radius 1 is 0.978 bits per heavy atom. The third kappa shape index (κ3) is 6.10. The van der Waals surface area contributed by atoms with Crippen LogP contribution < -0.4 is 10.6 Å². The van der Waals surface area contributed by atoms with Gasteiger partial charge in [0.05, 0.1) is 12.9 Å². The SMILES string of the molecule is CCn1nnc(C2OC(n3cnc4c(NCC(c5ccccc5)c5ccccc5)nc(NC5CCSCC5)nc43)C(O)C2O)n1. The van der Waals surface area contributed by atoms with E-state index in [1.54, 1.807) is 10.9 Å². The summed E-state index contributed by atoms with van der Waals surface area (Å²) >= 11 is 1.95. The van der Waals surface area contributed by atoms with Crippen molar-refractivity contribution in [1.82, 2.24) is 39.7 Å². The van der Waals surface area contributed by atoms with Gasteiger partial charge in [-0.15, -0.1) is 10.2 Å². The van der Waals surface area contributed by atoms with E-state index in [9.17, 15) is 10.2 Å². The minimum atomic E-state index is -1.28. The average Bonchev–Trinajstić information content (AvgIpc) is 3.80. The molecule has 234 valence electrons. The van der Waals surface area contributed by atoms with Crippen LogP contribution >= 0.6 is 11.8 Å². The standard InChI is InChI=1S/C31H36N10O3S/c1-2-41-38-28(37-39-41)26-24(42)25(43)30(44-26)40-18-33-23-27(35-31(36-29(23)40)34-21-13-15-45-16-14-21)32-17-22(19-9-5-3-6-10-19)20-11-7-4-8-12-20/h3-12,18,21-22,24-26,30,42-43H,2,13-17H2,1H3,(H2,32,34,35,36). The Morgan fingerprint density at radius 3 is 2.36 bits per heavy atom. The number of aryl methyl sites for hydroxylation is 1. The summed E-state index contributed by atoms with van der Waals surface area (Å²) in [5.41, 5.74) is 3.36. The van der Waals surface area contributed by atoms with E-state index in [4.69, 9.17) is 14.7 Å². The van der Waals surface area contributed by atoms with Crippen molar-refractivity contribution in [3.8, 4) is 0 Å². The first kappa shape index (κ1) is 29.6. The summed E-state index contributed by atoms with van der Waals surface area (Å²) in [4.78, 5) is 15.8. The van der Waals surface area contributed by atoms with Gasteiger partial charge < -0.3 is 25.6 Å². The molecule has 0 amide bonds. The molecule has 13 nitrogen and oxygen atoms in total. The highest BCUT2D eigenvalue weighted by molar-refractivity contribution is 7.99. The van der Waals surface area contributed by atoms with Crippen LogP contribution in [0.15, 0.2) is 67.0 Å². The van der Waals surface area contributed by atoms with Crippen LogP contribution in [0.25, 0.3) is 11.2 Å². The van der Waals surface area contributed by atoms with Gasteiger partial charge >= 0.3 is 0 Å². The summed E-state index contributed by atoms with van der Waals surface area (Å²) in [5, 5.41) is 41.5. The van der Waals surface area contributed by atoms with E-state index in [-0.39, 0.29) is 17.8 Å². The number of hydrogen-bond acceptors (Lipinski definition) is 12. The summed E-state index contributed by atoms with van der Waals surface area (Å²) < 4.78 is 7.81. The highest BCUT2D eigenvalue weighted by Crippen LogP contribution is 2.39. The highest BCUT2D eigenvalue weighted by atomic mass is 32.2. The molecule has 14 heteroatoms. The van der Waals surface area contributed by atoms with Gasteiger partial charge in [0, 0.05) is 18.5 Å². The Kier molecular flexibility index (Phi) is 8.61. The zero-order valence-electron chi connectivity index (χ0n) is 24.8. The predicted molar refractivity (Wildman–Crippen MR) is 171 cm³/mol. The second-order valence-electron chi connectivity index (χ2n) is 11.3. The van der Waals surface area contributed by atoms with E-state index in [0.717, 1.165) is 24.3 Å². The van der Waals surface area contributed by atoms with Gasteiger partial charge in [-0.05, 0) is 47.6 Å². The lowest BCUT2D eigenvalue weighted by Crippen LogP contribution is -2.29. The number of anilines is 2. The van der Waals surface area contributed by atoms with Crippen molar-refractivity contribution in [2.75, 3.05) is 28.7 Å². The van der Waals surface area contributed by atoms with Gasteiger partial charge in [-0.3, -0.25) is 4.57 Å². The number of thioether (sulfide) groups is 1. The molecule has 2 aliphatic heterocycles. The molecule has 0 spiro atoms. The number of fused-ring (bicyclic) bond motifs is 1. The van der Waals surface area contributed by atoms with Gasteiger partial charge in [-0.25, -0.2) is 4.98 Å². The van der Waals surface area contributed by atoms with Crippen LogP contribution in [-0.2, 0) is 11.3 Å². The zero-order chi connectivity index (χ0) is 30.8. The Bertz CT molecular complexity index is 1670. The number of tetrazole rings is 1. The number of hydrogen-bond donors (Lipinski definition) is 4. The van der Waals surface area contributed by atoms with Gasteiger partial charge in [0.1, 0.15) is 12.2 Å². The second-order valence-corrected chi connectivity index (χ2v) is 12.5. The third-order valence-electron chi connectivity index (χ3n) is 8.37. The lowest BCUT2D eigenvalue weighted by molar-refractivity contribution is -0.0384. The molecule has 2 saturated heterocycles. The van der Waals surface area contributed by atoms with Crippen molar-refractivity contribution in [2.45, 2.75) is 62.8 Å². The molecule has 5 aromatic rings. The van der Waals surface area contributed by atoms with E-state index >= 15 is 0 Å². The molecule has 4 N–H and O–H groups in total. The van der Waals surface area contributed by atoms with E-state index in [0.29, 0.717) is 36.0 Å². The molecule has 0 saturated carbocycles. The van der Waals surface area contributed by atoms with E-state index in [1.165, 1.54) is 15.9 Å². The first-order valence-corrected chi connectivity index (χ1v) is 16.5. The Balaban J connectivity index is 1.23.